The van der Waals surface area contributed by atoms with Gasteiger partial charge in [-0.05, 0) is 43.9 Å². The molecule has 2 aliphatic rings. The Hall–Kier alpha value is -1.31. The summed E-state index contributed by atoms with van der Waals surface area (Å²) in [6.45, 7) is 0.640. The van der Waals surface area contributed by atoms with Crippen molar-refractivity contribution >= 4 is 27.5 Å². The summed E-state index contributed by atoms with van der Waals surface area (Å²) in [5.74, 6) is 0.222. The number of hydrogen-bond acceptors (Lipinski definition) is 4. The van der Waals surface area contributed by atoms with Crippen molar-refractivity contribution in [3.05, 3.63) is 23.2 Å². The zero-order chi connectivity index (χ0) is 20.9. The average molecular weight is 443 g/mol. The lowest BCUT2D eigenvalue weighted by molar-refractivity contribution is -0.127. The zero-order valence-electron chi connectivity index (χ0n) is 17.0. The molecule has 0 unspecified atom stereocenters. The Balaban J connectivity index is 1.59. The number of halogens is 1. The number of piperidine rings is 1. The second kappa shape index (κ2) is 10.1. The van der Waals surface area contributed by atoms with Crippen LogP contribution in [-0.4, -0.2) is 44.9 Å². The first-order valence-corrected chi connectivity index (χ1v) is 12.4. The largest absolute Gasteiger partial charge is 0.495 e. The minimum atomic E-state index is -3.72. The van der Waals surface area contributed by atoms with E-state index in [1.807, 2.05) is 0 Å². The summed E-state index contributed by atoms with van der Waals surface area (Å²) in [6, 6.07) is 4.85. The van der Waals surface area contributed by atoms with Gasteiger partial charge in [-0.25, -0.2) is 8.42 Å². The molecule has 1 amide bonds. The predicted octanol–water partition coefficient (Wildman–Crippen LogP) is 3.98. The van der Waals surface area contributed by atoms with E-state index in [2.05, 4.69) is 5.32 Å². The number of sulfonamides is 1. The summed E-state index contributed by atoms with van der Waals surface area (Å²) in [5.41, 5.74) is 0. The van der Waals surface area contributed by atoms with Crippen LogP contribution in [0.2, 0.25) is 5.02 Å². The molecule has 0 aromatic heterocycles. The number of methoxy groups -OCH3 is 1. The van der Waals surface area contributed by atoms with E-state index in [0.717, 1.165) is 12.8 Å². The van der Waals surface area contributed by atoms with Crippen molar-refractivity contribution in [2.75, 3.05) is 20.2 Å². The highest BCUT2D eigenvalue weighted by Gasteiger charge is 2.34. The molecule has 1 aromatic carbocycles. The molecule has 0 radical (unpaired) electrons. The van der Waals surface area contributed by atoms with Crippen LogP contribution < -0.4 is 10.1 Å². The number of benzene rings is 1. The first kappa shape index (κ1) is 22.4. The summed E-state index contributed by atoms with van der Waals surface area (Å²) >= 11 is 6.01. The molecular formula is C21H31ClN2O4S. The molecule has 1 aliphatic carbocycles. The van der Waals surface area contributed by atoms with Gasteiger partial charge >= 0.3 is 0 Å². The smallest absolute Gasteiger partial charge is 0.246 e. The van der Waals surface area contributed by atoms with Crippen LogP contribution in [0, 0.1) is 5.92 Å². The van der Waals surface area contributed by atoms with Crippen LogP contribution in [0.4, 0.5) is 0 Å². The van der Waals surface area contributed by atoms with Crippen molar-refractivity contribution in [1.82, 2.24) is 9.62 Å². The van der Waals surface area contributed by atoms with Gasteiger partial charge in [0, 0.05) is 30.1 Å². The first-order valence-electron chi connectivity index (χ1n) is 10.6. The molecule has 1 N–H and O–H groups in total. The summed E-state index contributed by atoms with van der Waals surface area (Å²) < 4.78 is 32.8. The summed E-state index contributed by atoms with van der Waals surface area (Å²) in [6.07, 6.45) is 9.28. The molecule has 2 fully saturated rings. The number of amides is 1. The van der Waals surface area contributed by atoms with Gasteiger partial charge in [0.15, 0.2) is 0 Å². The number of carbonyl (C=O) groups excluding carboxylic acids is 1. The molecule has 1 saturated heterocycles. The van der Waals surface area contributed by atoms with E-state index < -0.39 is 10.0 Å². The highest BCUT2D eigenvalue weighted by atomic mass is 35.5. The molecule has 1 saturated carbocycles. The van der Waals surface area contributed by atoms with Crippen LogP contribution in [0.5, 0.6) is 5.75 Å². The minimum Gasteiger partial charge on any atom is -0.495 e. The van der Waals surface area contributed by atoms with E-state index in [9.17, 15) is 13.2 Å². The van der Waals surface area contributed by atoms with Crippen LogP contribution in [0.25, 0.3) is 0 Å². The van der Waals surface area contributed by atoms with E-state index in [-0.39, 0.29) is 28.5 Å². The van der Waals surface area contributed by atoms with Crippen LogP contribution in [0.15, 0.2) is 23.1 Å². The van der Waals surface area contributed by atoms with Crippen molar-refractivity contribution in [3.63, 3.8) is 0 Å². The third-order valence-electron chi connectivity index (χ3n) is 6.02. The SMILES string of the molecule is COc1ccc(Cl)cc1S(=O)(=O)N1CCC(C(=O)NC2CCCCCCC2)CC1. The van der Waals surface area contributed by atoms with Gasteiger partial charge in [-0.2, -0.15) is 4.31 Å². The molecular weight excluding hydrogens is 412 g/mol. The summed E-state index contributed by atoms with van der Waals surface area (Å²) in [4.78, 5) is 12.8. The van der Waals surface area contributed by atoms with Crippen LogP contribution in [0.3, 0.4) is 0 Å². The van der Waals surface area contributed by atoms with Crippen LogP contribution >= 0.6 is 11.6 Å². The molecule has 162 valence electrons. The Morgan fingerprint density at radius 1 is 1.07 bits per heavy atom. The fraction of sp³-hybridized carbons (Fsp3) is 0.667. The fourth-order valence-corrected chi connectivity index (χ4v) is 6.16. The highest BCUT2D eigenvalue weighted by Crippen LogP contribution is 2.32. The standard InChI is InChI=1S/C21H31ClN2O4S/c1-28-19-10-9-17(22)15-20(19)29(26,27)24-13-11-16(12-14-24)21(25)23-18-7-5-3-2-4-6-8-18/h9-10,15-16,18H,2-8,11-14H2,1H3,(H,23,25). The van der Waals surface area contributed by atoms with E-state index >= 15 is 0 Å². The normalized spacial score (nSPS) is 20.6. The molecule has 0 bridgehead atoms. The topological polar surface area (TPSA) is 75.7 Å². The quantitative estimate of drug-likeness (QED) is 0.748. The Morgan fingerprint density at radius 2 is 1.69 bits per heavy atom. The van der Waals surface area contributed by atoms with Crippen molar-refractivity contribution in [3.8, 4) is 5.75 Å². The van der Waals surface area contributed by atoms with Crippen LogP contribution in [0.1, 0.15) is 57.8 Å². The highest BCUT2D eigenvalue weighted by molar-refractivity contribution is 7.89. The molecule has 8 heteroatoms. The van der Waals surface area contributed by atoms with E-state index in [4.69, 9.17) is 16.3 Å². The Morgan fingerprint density at radius 3 is 2.31 bits per heavy atom. The van der Waals surface area contributed by atoms with Gasteiger partial charge in [-0.3, -0.25) is 4.79 Å². The molecule has 0 atom stereocenters. The number of nitrogens with zero attached hydrogens (tertiary/aromatic N) is 1. The van der Waals surface area contributed by atoms with Crippen LogP contribution in [-0.2, 0) is 14.8 Å². The second-order valence-electron chi connectivity index (χ2n) is 8.02. The van der Waals surface area contributed by atoms with Crippen molar-refractivity contribution in [2.45, 2.75) is 68.7 Å². The molecule has 3 rings (SSSR count). The fourth-order valence-electron chi connectivity index (χ4n) is 4.27. The predicted molar refractivity (Wildman–Crippen MR) is 114 cm³/mol. The summed E-state index contributed by atoms with van der Waals surface area (Å²) in [5, 5.41) is 3.57. The number of hydrogen-bond donors (Lipinski definition) is 1. The third-order valence-corrected chi connectivity index (χ3v) is 8.17. The van der Waals surface area contributed by atoms with E-state index in [0.29, 0.717) is 31.0 Å². The second-order valence-corrected chi connectivity index (χ2v) is 10.4. The number of ether oxygens (including phenoxy) is 1. The van der Waals surface area contributed by atoms with Gasteiger partial charge in [0.25, 0.3) is 0 Å². The third kappa shape index (κ3) is 5.64. The maximum absolute atomic E-state index is 13.1. The van der Waals surface area contributed by atoms with E-state index in [1.54, 1.807) is 12.1 Å². The molecule has 29 heavy (non-hydrogen) atoms. The van der Waals surface area contributed by atoms with Gasteiger partial charge in [-0.15, -0.1) is 0 Å². The molecule has 6 nitrogen and oxygen atoms in total. The Bertz CT molecular complexity index is 799. The van der Waals surface area contributed by atoms with Crippen molar-refractivity contribution in [1.29, 1.82) is 0 Å². The minimum absolute atomic E-state index is 0.0740. The van der Waals surface area contributed by atoms with Crippen molar-refractivity contribution in [2.24, 2.45) is 5.92 Å². The Labute approximate surface area is 179 Å². The summed E-state index contributed by atoms with van der Waals surface area (Å²) in [7, 11) is -2.28. The average Bonchev–Trinajstić information content (AvgIpc) is 2.70. The lowest BCUT2D eigenvalue weighted by Gasteiger charge is -2.32. The lowest BCUT2D eigenvalue weighted by Crippen LogP contribution is -2.45. The first-order chi connectivity index (χ1) is 13.9. The Kier molecular flexibility index (Phi) is 7.82. The number of rotatable bonds is 5. The van der Waals surface area contributed by atoms with Crippen molar-refractivity contribution < 1.29 is 17.9 Å². The number of carbonyl (C=O) groups is 1. The molecule has 1 aromatic rings. The van der Waals surface area contributed by atoms with Gasteiger partial charge in [0.1, 0.15) is 10.6 Å². The number of nitrogens with one attached hydrogen (secondary N) is 1. The lowest BCUT2D eigenvalue weighted by atomic mass is 9.94. The van der Waals surface area contributed by atoms with Gasteiger partial charge in [0.2, 0.25) is 15.9 Å². The maximum atomic E-state index is 13.1. The molecule has 0 spiro atoms. The van der Waals surface area contributed by atoms with Gasteiger partial charge in [0.05, 0.1) is 7.11 Å². The van der Waals surface area contributed by atoms with Gasteiger partial charge in [-0.1, -0.05) is 43.7 Å². The molecule has 1 heterocycles. The maximum Gasteiger partial charge on any atom is 0.246 e. The van der Waals surface area contributed by atoms with Gasteiger partial charge < -0.3 is 10.1 Å². The molecule has 1 aliphatic heterocycles. The monoisotopic (exact) mass is 442 g/mol. The van der Waals surface area contributed by atoms with E-state index in [1.165, 1.54) is 49.6 Å². The zero-order valence-corrected chi connectivity index (χ0v) is 18.6.